The highest BCUT2D eigenvalue weighted by atomic mass is 16.3. The van der Waals surface area contributed by atoms with E-state index in [0.717, 1.165) is 0 Å². The second-order valence-corrected chi connectivity index (χ2v) is 19.1. The van der Waals surface area contributed by atoms with Crippen molar-refractivity contribution in [3.63, 3.8) is 0 Å². The number of phenols is 1. The van der Waals surface area contributed by atoms with E-state index in [1.54, 1.807) is 63.2 Å². The Morgan fingerprint density at radius 3 is 1.60 bits per heavy atom. The number of aromatic hydroxyl groups is 1. The lowest BCUT2D eigenvalue weighted by Crippen LogP contribution is -2.63. The number of amides is 8. The molecule has 8 amide bonds. The highest BCUT2D eigenvalue weighted by Gasteiger charge is 2.44. The van der Waals surface area contributed by atoms with Crippen LogP contribution < -0.4 is 31.9 Å². The van der Waals surface area contributed by atoms with Crippen LogP contribution in [-0.2, 0) is 51.2 Å². The molecule has 5 rings (SSSR count). The number of benzene rings is 2. The Morgan fingerprint density at radius 1 is 0.552 bits per heavy atom. The summed E-state index contributed by atoms with van der Waals surface area (Å²) in [5.41, 5.74) is 1.21. The van der Waals surface area contributed by atoms with Crippen molar-refractivity contribution < 1.29 is 48.6 Å². The maximum absolute atomic E-state index is 14.8. The van der Waals surface area contributed by atoms with Crippen LogP contribution in [0, 0.1) is 17.8 Å². The molecule has 0 radical (unpaired) electrons. The zero-order valence-corrected chi connectivity index (χ0v) is 39.8. The Bertz CT molecular complexity index is 2080. The van der Waals surface area contributed by atoms with E-state index in [-0.39, 0.29) is 56.9 Å². The standard InChI is InChI=1S/C49H70N8O10/c1-8-29(6)40-46(64)53-39(28(4)5)49(67)57-23-13-17-38(57)45(63)55-41(30(7)58)47(65)51-35(25-31-14-10-9-11-15-31)42(60)52-36(26-32-18-20-33(59)21-19-32)48(66)56-22-12-16-37(56)44(62)50-34(24-27(2)3)43(61)54-40/h9-11,14-15,18-21,27-30,34-41,58-59H,8,12-13,16-17,22-26H2,1-7H3,(H,50,62)(H,51,65)(H,52,60)(H,53,64)(H,54,61)(H,55,63)/t29-,30+,34-,35-,36-,37-,38-,39-,40-,41-/m0/s1. The zero-order valence-electron chi connectivity index (χ0n) is 39.8. The molecule has 3 aliphatic heterocycles. The first-order valence-corrected chi connectivity index (χ1v) is 23.7. The number of aliphatic hydroxyl groups excluding tert-OH is 1. The van der Waals surface area contributed by atoms with Gasteiger partial charge in [-0.1, -0.05) is 90.4 Å². The van der Waals surface area contributed by atoms with Crippen LogP contribution in [0.4, 0.5) is 0 Å². The summed E-state index contributed by atoms with van der Waals surface area (Å²) in [6.45, 7) is 12.5. The monoisotopic (exact) mass is 931 g/mol. The predicted molar refractivity (Wildman–Crippen MR) is 248 cm³/mol. The van der Waals surface area contributed by atoms with Crippen LogP contribution in [0.5, 0.6) is 5.75 Å². The van der Waals surface area contributed by atoms with Gasteiger partial charge in [0.25, 0.3) is 0 Å². The molecule has 67 heavy (non-hydrogen) atoms. The van der Waals surface area contributed by atoms with E-state index in [1.807, 2.05) is 20.8 Å². The molecule has 18 nitrogen and oxygen atoms in total. The summed E-state index contributed by atoms with van der Waals surface area (Å²) in [7, 11) is 0. The maximum atomic E-state index is 14.8. The number of nitrogens with zero attached hydrogens (tertiary/aromatic N) is 2. The molecule has 0 bridgehead atoms. The number of rotatable bonds is 10. The van der Waals surface area contributed by atoms with Crippen LogP contribution >= 0.6 is 0 Å². The van der Waals surface area contributed by atoms with Crippen molar-refractivity contribution >= 4 is 47.3 Å². The SMILES string of the molecule is CC[C@H](C)[C@@H]1NC(=O)[C@H](CC(C)C)NC(=O)[C@@H]2CCCN2C(=O)[C@H](Cc2ccc(O)cc2)NC(=O)[C@H](Cc2ccccc2)NC(=O)[C@H]([C@@H](C)O)NC(=O)[C@@H]2CCCN2C(=O)[C@H](C(C)C)NC1=O. The summed E-state index contributed by atoms with van der Waals surface area (Å²) >= 11 is 0. The molecule has 2 aromatic carbocycles. The lowest BCUT2D eigenvalue weighted by Gasteiger charge is -2.34. The molecule has 2 aromatic rings. The van der Waals surface area contributed by atoms with Crippen molar-refractivity contribution in [2.24, 2.45) is 17.8 Å². The smallest absolute Gasteiger partial charge is 0.246 e. The highest BCUT2D eigenvalue weighted by molar-refractivity contribution is 5.99. The van der Waals surface area contributed by atoms with E-state index in [4.69, 9.17) is 0 Å². The summed E-state index contributed by atoms with van der Waals surface area (Å²) < 4.78 is 0. The Labute approximate surface area is 393 Å². The summed E-state index contributed by atoms with van der Waals surface area (Å²) in [4.78, 5) is 118. The van der Waals surface area contributed by atoms with Gasteiger partial charge in [0, 0.05) is 25.9 Å². The number of nitrogens with one attached hydrogen (secondary N) is 6. The number of carbonyl (C=O) groups excluding carboxylic acids is 8. The van der Waals surface area contributed by atoms with Crippen molar-refractivity contribution in [3.8, 4) is 5.75 Å². The van der Waals surface area contributed by atoms with Crippen LogP contribution in [0.2, 0.25) is 0 Å². The summed E-state index contributed by atoms with van der Waals surface area (Å²) in [6.07, 6.45) is 0.435. The second-order valence-electron chi connectivity index (χ2n) is 19.1. The fraction of sp³-hybridized carbons (Fsp3) is 0.592. The number of phenolic OH excluding ortho intramolecular Hbond substituents is 1. The molecule has 3 heterocycles. The number of hydrogen-bond donors (Lipinski definition) is 8. The van der Waals surface area contributed by atoms with E-state index in [2.05, 4.69) is 31.9 Å². The van der Waals surface area contributed by atoms with Gasteiger partial charge < -0.3 is 51.9 Å². The first-order valence-electron chi connectivity index (χ1n) is 23.7. The van der Waals surface area contributed by atoms with Crippen molar-refractivity contribution in [1.82, 2.24) is 41.7 Å². The average Bonchev–Trinajstić information content (AvgIpc) is 3.99. The van der Waals surface area contributed by atoms with Crippen molar-refractivity contribution in [1.29, 1.82) is 0 Å². The van der Waals surface area contributed by atoms with Gasteiger partial charge in [0.1, 0.15) is 54.1 Å². The van der Waals surface area contributed by atoms with Crippen molar-refractivity contribution in [3.05, 3.63) is 65.7 Å². The summed E-state index contributed by atoms with van der Waals surface area (Å²) in [5, 5.41) is 37.7. The number of carbonyl (C=O) groups is 8. The van der Waals surface area contributed by atoms with Crippen molar-refractivity contribution in [2.75, 3.05) is 13.1 Å². The second kappa shape index (κ2) is 23.6. The van der Waals surface area contributed by atoms with Crippen molar-refractivity contribution in [2.45, 2.75) is 154 Å². The van der Waals surface area contributed by atoms with Crippen LogP contribution in [0.3, 0.4) is 0 Å². The zero-order chi connectivity index (χ0) is 49.1. The van der Waals surface area contributed by atoms with E-state index >= 15 is 0 Å². The molecule has 0 aliphatic carbocycles. The minimum atomic E-state index is -1.58. The van der Waals surface area contributed by atoms with E-state index in [0.29, 0.717) is 30.4 Å². The molecule has 10 atom stereocenters. The minimum absolute atomic E-state index is 0.0161. The minimum Gasteiger partial charge on any atom is -0.508 e. The van der Waals surface area contributed by atoms with Crippen LogP contribution in [0.25, 0.3) is 0 Å². The van der Waals surface area contributed by atoms with Gasteiger partial charge in [0.2, 0.25) is 47.3 Å². The molecule has 0 unspecified atom stereocenters. The summed E-state index contributed by atoms with van der Waals surface area (Å²) in [6, 6.07) is 5.21. The van der Waals surface area contributed by atoms with Gasteiger partial charge in [-0.25, -0.2) is 0 Å². The molecule has 8 N–H and O–H groups in total. The van der Waals surface area contributed by atoms with Crippen LogP contribution in [0.15, 0.2) is 54.6 Å². The van der Waals surface area contributed by atoms with Gasteiger partial charge >= 0.3 is 0 Å². The molecular formula is C49H70N8O10. The fourth-order valence-corrected chi connectivity index (χ4v) is 8.98. The van der Waals surface area contributed by atoms with Gasteiger partial charge in [0.05, 0.1) is 6.10 Å². The maximum Gasteiger partial charge on any atom is 0.246 e. The molecule has 0 spiro atoms. The normalized spacial score (nSPS) is 27.5. The lowest BCUT2D eigenvalue weighted by molar-refractivity contribution is -0.144. The van der Waals surface area contributed by atoms with E-state index in [1.165, 1.54) is 28.9 Å². The molecule has 0 saturated carbocycles. The third-order valence-electron chi connectivity index (χ3n) is 13.0. The predicted octanol–water partition coefficient (Wildman–Crippen LogP) is 1.21. The van der Waals surface area contributed by atoms with Gasteiger partial charge in [0.15, 0.2) is 0 Å². The average molecular weight is 931 g/mol. The molecular weight excluding hydrogens is 861 g/mol. The Morgan fingerprint density at radius 2 is 1.03 bits per heavy atom. The summed E-state index contributed by atoms with van der Waals surface area (Å²) in [5.74, 6) is -6.32. The molecule has 3 aliphatic rings. The molecule has 3 fully saturated rings. The van der Waals surface area contributed by atoms with Gasteiger partial charge in [-0.2, -0.15) is 0 Å². The van der Waals surface area contributed by atoms with Gasteiger partial charge in [-0.05, 0) is 80.0 Å². The molecule has 0 aromatic heterocycles. The highest BCUT2D eigenvalue weighted by Crippen LogP contribution is 2.24. The molecule has 18 heteroatoms. The van der Waals surface area contributed by atoms with Gasteiger partial charge in [-0.15, -0.1) is 0 Å². The van der Waals surface area contributed by atoms with Crippen LogP contribution in [0.1, 0.15) is 98.1 Å². The number of fused-ring (bicyclic) bond motifs is 2. The number of hydrogen-bond acceptors (Lipinski definition) is 10. The quantitative estimate of drug-likeness (QED) is 0.169. The van der Waals surface area contributed by atoms with E-state index in [9.17, 15) is 48.6 Å². The van der Waals surface area contributed by atoms with Gasteiger partial charge in [-0.3, -0.25) is 38.4 Å². The van der Waals surface area contributed by atoms with Crippen LogP contribution in [-0.4, -0.2) is 135 Å². The Balaban J connectivity index is 1.58. The third-order valence-corrected chi connectivity index (χ3v) is 13.0. The third kappa shape index (κ3) is 13.5. The Hall–Kier alpha value is -6.04. The van der Waals surface area contributed by atoms with E-state index < -0.39 is 114 Å². The molecule has 366 valence electrons. The molecule has 3 saturated heterocycles. The Kier molecular flexibility index (Phi) is 18.3. The first-order chi connectivity index (χ1) is 31.8. The lowest BCUT2D eigenvalue weighted by atomic mass is 9.95. The largest absolute Gasteiger partial charge is 0.508 e. The fourth-order valence-electron chi connectivity index (χ4n) is 8.98. The topological polar surface area (TPSA) is 256 Å². The number of aliphatic hydroxyl groups is 1. The first kappa shape index (κ1) is 51.9.